The van der Waals surface area contributed by atoms with E-state index in [0.717, 1.165) is 18.2 Å². The van der Waals surface area contributed by atoms with E-state index in [1.54, 1.807) is 30.3 Å². The van der Waals surface area contributed by atoms with Crippen molar-refractivity contribution in [2.24, 2.45) is 5.92 Å². The molecule has 2 atom stereocenters. The lowest BCUT2D eigenvalue weighted by molar-refractivity contribution is -0.109. The van der Waals surface area contributed by atoms with Gasteiger partial charge >= 0.3 is 6.55 Å². The largest absolute Gasteiger partial charge is 0.342 e. The summed E-state index contributed by atoms with van der Waals surface area (Å²) in [6.07, 6.45) is 8.93. The second kappa shape index (κ2) is 8.73. The minimum Gasteiger partial charge on any atom is -0.342 e. The molecule has 7 heteroatoms. The molecule has 1 amide bonds. The molecule has 3 rings (SSSR count). The van der Waals surface area contributed by atoms with Crippen LogP contribution in [-0.2, 0) is 4.79 Å². The quantitative estimate of drug-likeness (QED) is 0.728. The van der Waals surface area contributed by atoms with Crippen LogP contribution in [0.25, 0.3) is 11.3 Å². The highest BCUT2D eigenvalue weighted by Gasteiger charge is 2.23. The summed E-state index contributed by atoms with van der Waals surface area (Å²) in [6, 6.07) is 7.86. The number of aromatic nitrogens is 2. The first kappa shape index (κ1) is 19.7. The lowest BCUT2D eigenvalue weighted by Crippen LogP contribution is -2.36. The molecule has 0 saturated heterocycles. The predicted molar refractivity (Wildman–Crippen MR) is 102 cm³/mol. The average Bonchev–Trinajstić information content (AvgIpc) is 3.16. The minimum atomic E-state index is -2.87. The molecule has 1 heterocycles. The maximum atomic E-state index is 13.1. The molecule has 1 aliphatic carbocycles. The van der Waals surface area contributed by atoms with Crippen molar-refractivity contribution in [1.29, 1.82) is 0 Å². The Balaban J connectivity index is 1.81. The molecule has 5 nitrogen and oxygen atoms in total. The normalized spacial score (nSPS) is 17.3. The van der Waals surface area contributed by atoms with Gasteiger partial charge in [-0.2, -0.15) is 13.9 Å². The van der Waals surface area contributed by atoms with Gasteiger partial charge in [0.25, 0.3) is 5.91 Å². The molecule has 1 aromatic carbocycles. The second-order valence-electron chi connectivity index (χ2n) is 6.79. The van der Waals surface area contributed by atoms with Crippen LogP contribution in [0.4, 0.5) is 8.78 Å². The molecular formula is C21H21F2N3O2. The molecule has 0 spiro atoms. The smallest absolute Gasteiger partial charge is 0.333 e. The number of hydrogen-bond acceptors (Lipinski definition) is 3. The number of rotatable bonds is 7. The number of halogens is 2. The summed E-state index contributed by atoms with van der Waals surface area (Å²) >= 11 is 0. The Bertz CT molecular complexity index is 904. The number of alkyl halides is 2. The summed E-state index contributed by atoms with van der Waals surface area (Å²) < 4.78 is 26.7. The van der Waals surface area contributed by atoms with Gasteiger partial charge in [-0.25, -0.2) is 4.68 Å². The van der Waals surface area contributed by atoms with Crippen molar-refractivity contribution >= 4 is 12.2 Å². The number of benzene rings is 1. The van der Waals surface area contributed by atoms with Crippen LogP contribution in [-0.4, -0.2) is 28.0 Å². The Morgan fingerprint density at radius 3 is 2.71 bits per heavy atom. The van der Waals surface area contributed by atoms with Gasteiger partial charge < -0.3 is 10.1 Å². The molecule has 0 aliphatic heterocycles. The van der Waals surface area contributed by atoms with Crippen molar-refractivity contribution in [2.75, 3.05) is 0 Å². The van der Waals surface area contributed by atoms with Crippen LogP contribution in [0.5, 0.6) is 0 Å². The number of carbonyl (C=O) groups is 2. The number of nitrogens with one attached hydrogen (secondary N) is 1. The summed E-state index contributed by atoms with van der Waals surface area (Å²) in [5, 5.41) is 6.48. The van der Waals surface area contributed by atoms with Crippen LogP contribution in [0.3, 0.4) is 0 Å². The third-order valence-electron chi connectivity index (χ3n) is 4.55. The topological polar surface area (TPSA) is 64.0 Å². The molecule has 2 unspecified atom stereocenters. The Morgan fingerprint density at radius 2 is 2.11 bits per heavy atom. The van der Waals surface area contributed by atoms with Crippen LogP contribution in [0.1, 0.15) is 36.7 Å². The molecular weight excluding hydrogens is 364 g/mol. The highest BCUT2D eigenvalue weighted by atomic mass is 19.3. The lowest BCUT2D eigenvalue weighted by atomic mass is 9.95. The lowest BCUT2D eigenvalue weighted by Gasteiger charge is -2.16. The van der Waals surface area contributed by atoms with Crippen molar-refractivity contribution in [1.82, 2.24) is 15.1 Å². The Labute approximate surface area is 161 Å². The molecule has 1 aliphatic rings. The van der Waals surface area contributed by atoms with Gasteiger partial charge in [0.2, 0.25) is 0 Å². The zero-order chi connectivity index (χ0) is 20.1. The predicted octanol–water partition coefficient (Wildman–Crippen LogP) is 4.16. The van der Waals surface area contributed by atoms with Gasteiger partial charge in [0, 0.05) is 11.8 Å². The van der Waals surface area contributed by atoms with Gasteiger partial charge in [0.1, 0.15) is 12.0 Å². The number of hydrogen-bond donors (Lipinski definition) is 1. The maximum absolute atomic E-state index is 13.1. The molecule has 0 radical (unpaired) electrons. The van der Waals surface area contributed by atoms with E-state index < -0.39 is 18.5 Å². The molecule has 0 bridgehead atoms. The first-order valence-electron chi connectivity index (χ1n) is 9.04. The van der Waals surface area contributed by atoms with E-state index in [1.165, 1.54) is 0 Å². The fourth-order valence-corrected chi connectivity index (χ4v) is 3.02. The summed E-state index contributed by atoms with van der Waals surface area (Å²) in [5.74, 6) is -0.168. The molecule has 1 aromatic heterocycles. The molecule has 2 aromatic rings. The van der Waals surface area contributed by atoms with Gasteiger partial charge in [0.15, 0.2) is 0 Å². The van der Waals surface area contributed by atoms with E-state index in [1.807, 2.05) is 12.2 Å². The van der Waals surface area contributed by atoms with Crippen LogP contribution < -0.4 is 5.32 Å². The average molecular weight is 385 g/mol. The maximum Gasteiger partial charge on any atom is 0.333 e. The highest BCUT2D eigenvalue weighted by Crippen LogP contribution is 2.25. The summed E-state index contributed by atoms with van der Waals surface area (Å²) in [5.41, 5.74) is 1.65. The Hall–Kier alpha value is -3.09. The Morgan fingerprint density at radius 1 is 1.36 bits per heavy atom. The van der Waals surface area contributed by atoms with Crippen molar-refractivity contribution in [3.05, 3.63) is 65.9 Å². The minimum absolute atomic E-state index is 0.000128. The fraction of sp³-hybridized carbons (Fsp3) is 0.286. The third-order valence-corrected chi connectivity index (χ3v) is 4.55. The van der Waals surface area contributed by atoms with Gasteiger partial charge in [-0.3, -0.25) is 4.79 Å². The monoisotopic (exact) mass is 385 g/mol. The first-order chi connectivity index (χ1) is 13.5. The van der Waals surface area contributed by atoms with E-state index in [0.29, 0.717) is 28.9 Å². The Kier molecular flexibility index (Phi) is 6.13. The van der Waals surface area contributed by atoms with Crippen molar-refractivity contribution < 1.29 is 18.4 Å². The number of nitrogens with zero attached hydrogens (tertiary/aromatic N) is 2. The number of aldehydes is 1. The number of allylic oxidation sites excluding steroid dienone is 3. The second-order valence-corrected chi connectivity index (χ2v) is 6.79. The standard InChI is InChI=1S/C21H21F2N3O2/c1-14-7-9-15(10-8-14)11-17(13-27)24-20(28)18-12-26(21(22)23)25-19(18)16-5-3-2-4-6-16/h2-7,9-10,12-14,17,21H,8,11H2,1H3,(H,24,28). The first-order valence-corrected chi connectivity index (χ1v) is 9.04. The van der Waals surface area contributed by atoms with E-state index in [9.17, 15) is 18.4 Å². The van der Waals surface area contributed by atoms with Crippen LogP contribution >= 0.6 is 0 Å². The van der Waals surface area contributed by atoms with E-state index in [-0.39, 0.29) is 11.3 Å². The highest BCUT2D eigenvalue weighted by molar-refractivity contribution is 6.00. The molecule has 0 saturated carbocycles. The van der Waals surface area contributed by atoms with Crippen molar-refractivity contribution in [2.45, 2.75) is 32.4 Å². The number of amides is 1. The zero-order valence-corrected chi connectivity index (χ0v) is 15.4. The van der Waals surface area contributed by atoms with Crippen molar-refractivity contribution in [3.63, 3.8) is 0 Å². The van der Waals surface area contributed by atoms with Crippen LogP contribution in [0.15, 0.2) is 60.3 Å². The van der Waals surface area contributed by atoms with Crippen molar-refractivity contribution in [3.8, 4) is 11.3 Å². The van der Waals surface area contributed by atoms with E-state index >= 15 is 0 Å². The van der Waals surface area contributed by atoms with Crippen LogP contribution in [0.2, 0.25) is 0 Å². The summed E-state index contributed by atoms with van der Waals surface area (Å²) in [7, 11) is 0. The number of carbonyl (C=O) groups excluding carboxylic acids is 2. The van der Waals surface area contributed by atoms with Gasteiger partial charge in [-0.05, 0) is 24.3 Å². The zero-order valence-electron chi connectivity index (χ0n) is 15.4. The molecule has 28 heavy (non-hydrogen) atoms. The fourth-order valence-electron chi connectivity index (χ4n) is 3.02. The van der Waals surface area contributed by atoms with Gasteiger partial charge in [-0.15, -0.1) is 0 Å². The van der Waals surface area contributed by atoms with E-state index in [4.69, 9.17) is 0 Å². The summed E-state index contributed by atoms with van der Waals surface area (Å²) in [6.45, 7) is -0.778. The van der Waals surface area contributed by atoms with Gasteiger partial charge in [-0.1, -0.05) is 55.5 Å². The molecule has 1 N–H and O–H groups in total. The molecule has 0 fully saturated rings. The van der Waals surface area contributed by atoms with Gasteiger partial charge in [0.05, 0.1) is 11.6 Å². The SMILES string of the molecule is CC1C=CC(CC(C=O)NC(=O)c2cn(C(F)F)nc2-c2ccccc2)=CC1. The third kappa shape index (κ3) is 4.60. The van der Waals surface area contributed by atoms with Crippen LogP contribution in [0, 0.1) is 5.92 Å². The summed E-state index contributed by atoms with van der Waals surface area (Å²) in [4.78, 5) is 24.2. The van der Waals surface area contributed by atoms with E-state index in [2.05, 4.69) is 23.4 Å². The molecule has 146 valence electrons.